The summed E-state index contributed by atoms with van der Waals surface area (Å²) in [5.74, 6) is 0.926. The van der Waals surface area contributed by atoms with Crippen LogP contribution in [0.5, 0.6) is 0 Å². The van der Waals surface area contributed by atoms with Crippen LogP contribution in [0.4, 0.5) is 0 Å². The first-order valence-electron chi connectivity index (χ1n) is 9.91. The average molecular weight is 442 g/mol. The van der Waals surface area contributed by atoms with Gasteiger partial charge in [0.1, 0.15) is 10.6 Å². The van der Waals surface area contributed by atoms with Crippen LogP contribution >= 0.6 is 23.1 Å². The second kappa shape index (κ2) is 9.49. The van der Waals surface area contributed by atoms with Crippen LogP contribution in [0, 0.1) is 0 Å². The number of thiophene rings is 1. The summed E-state index contributed by atoms with van der Waals surface area (Å²) < 4.78 is 7.06. The van der Waals surface area contributed by atoms with Gasteiger partial charge in [0.05, 0.1) is 23.9 Å². The van der Waals surface area contributed by atoms with Crippen LogP contribution in [0.1, 0.15) is 31.4 Å². The van der Waals surface area contributed by atoms with Gasteiger partial charge >= 0.3 is 0 Å². The second-order valence-corrected chi connectivity index (χ2v) is 8.86. The molecule has 30 heavy (non-hydrogen) atoms. The third kappa shape index (κ3) is 4.44. The molecular formula is C22H23N3O3S2. The summed E-state index contributed by atoms with van der Waals surface area (Å²) in [5, 5.41) is 3.00. The summed E-state index contributed by atoms with van der Waals surface area (Å²) >= 11 is 2.72. The van der Waals surface area contributed by atoms with Gasteiger partial charge in [-0.25, -0.2) is 4.98 Å². The molecule has 1 aliphatic carbocycles. The summed E-state index contributed by atoms with van der Waals surface area (Å²) in [7, 11) is 0. The first-order chi connectivity index (χ1) is 14.7. The van der Waals surface area contributed by atoms with Crippen molar-refractivity contribution >= 4 is 39.2 Å². The summed E-state index contributed by atoms with van der Waals surface area (Å²) in [6.07, 6.45) is 9.55. The highest BCUT2D eigenvalue weighted by Gasteiger charge is 2.22. The molecule has 6 nitrogen and oxygen atoms in total. The van der Waals surface area contributed by atoms with E-state index in [2.05, 4.69) is 17.6 Å². The Morgan fingerprint density at radius 1 is 1.40 bits per heavy atom. The zero-order valence-corrected chi connectivity index (χ0v) is 18.2. The largest absolute Gasteiger partial charge is 0.467 e. The molecule has 156 valence electrons. The number of hydrogen-bond acceptors (Lipinski definition) is 6. The monoisotopic (exact) mass is 441 g/mol. The third-order valence-corrected chi connectivity index (χ3v) is 6.76. The van der Waals surface area contributed by atoms with E-state index in [-0.39, 0.29) is 17.2 Å². The SMILES string of the molecule is C=CCn1c(SCC(=O)N(Cc2ccco2)C2=CCCCC2)nc2sccc2c1=O. The fraction of sp³-hybridized carbons (Fsp3) is 0.318. The fourth-order valence-electron chi connectivity index (χ4n) is 3.51. The minimum atomic E-state index is -0.0986. The normalized spacial score (nSPS) is 13.9. The number of amides is 1. The lowest BCUT2D eigenvalue weighted by atomic mass is 10.0. The molecule has 0 saturated carbocycles. The first kappa shape index (κ1) is 20.7. The summed E-state index contributed by atoms with van der Waals surface area (Å²) in [4.78, 5) is 33.1. The molecule has 0 aliphatic heterocycles. The number of nitrogens with zero attached hydrogens (tertiary/aromatic N) is 3. The van der Waals surface area contributed by atoms with Gasteiger partial charge in [-0.05, 0) is 49.3 Å². The Hall–Kier alpha value is -2.58. The van der Waals surface area contributed by atoms with Gasteiger partial charge in [-0.2, -0.15) is 0 Å². The average Bonchev–Trinajstić information content (AvgIpc) is 3.45. The lowest BCUT2D eigenvalue weighted by Gasteiger charge is -2.27. The highest BCUT2D eigenvalue weighted by atomic mass is 32.2. The van der Waals surface area contributed by atoms with Crippen molar-refractivity contribution < 1.29 is 9.21 Å². The van der Waals surface area contributed by atoms with Gasteiger partial charge in [-0.3, -0.25) is 14.2 Å². The molecule has 0 N–H and O–H groups in total. The van der Waals surface area contributed by atoms with Crippen molar-refractivity contribution in [1.82, 2.24) is 14.5 Å². The van der Waals surface area contributed by atoms with E-state index in [1.54, 1.807) is 23.0 Å². The van der Waals surface area contributed by atoms with Crippen LogP contribution in [-0.2, 0) is 17.9 Å². The highest BCUT2D eigenvalue weighted by molar-refractivity contribution is 7.99. The molecule has 3 heterocycles. The highest BCUT2D eigenvalue weighted by Crippen LogP contribution is 2.26. The van der Waals surface area contributed by atoms with Gasteiger partial charge in [0, 0.05) is 12.2 Å². The molecule has 1 amide bonds. The Labute approximate surface area is 182 Å². The minimum Gasteiger partial charge on any atom is -0.467 e. The molecule has 0 aromatic carbocycles. The molecule has 0 unspecified atom stereocenters. The number of rotatable bonds is 8. The van der Waals surface area contributed by atoms with Crippen LogP contribution < -0.4 is 5.56 Å². The van der Waals surface area contributed by atoms with Crippen molar-refractivity contribution in [3.8, 4) is 0 Å². The predicted molar refractivity (Wildman–Crippen MR) is 121 cm³/mol. The van der Waals surface area contributed by atoms with Crippen molar-refractivity contribution in [2.24, 2.45) is 0 Å². The number of thioether (sulfide) groups is 1. The molecule has 3 aromatic heterocycles. The number of carbonyl (C=O) groups is 1. The molecule has 0 atom stereocenters. The Morgan fingerprint density at radius 3 is 3.03 bits per heavy atom. The summed E-state index contributed by atoms with van der Waals surface area (Å²) in [6, 6.07) is 5.50. The zero-order chi connectivity index (χ0) is 20.9. The van der Waals surface area contributed by atoms with Crippen molar-refractivity contribution in [2.45, 2.75) is 43.9 Å². The number of fused-ring (bicyclic) bond motifs is 1. The van der Waals surface area contributed by atoms with Crippen LogP contribution in [0.25, 0.3) is 10.2 Å². The lowest BCUT2D eigenvalue weighted by Crippen LogP contribution is -2.32. The van der Waals surface area contributed by atoms with Gasteiger partial charge in [0.2, 0.25) is 5.91 Å². The van der Waals surface area contributed by atoms with Crippen molar-refractivity contribution in [3.63, 3.8) is 0 Å². The summed E-state index contributed by atoms with van der Waals surface area (Å²) in [6.45, 7) is 4.51. The van der Waals surface area contributed by atoms with Crippen molar-refractivity contribution in [3.05, 3.63) is 70.4 Å². The molecule has 1 aliphatic rings. The molecule has 8 heteroatoms. The Balaban J connectivity index is 1.57. The molecule has 0 radical (unpaired) electrons. The van der Waals surface area contributed by atoms with Crippen LogP contribution in [0.2, 0.25) is 0 Å². The number of hydrogen-bond donors (Lipinski definition) is 0. The maximum absolute atomic E-state index is 13.2. The number of carbonyl (C=O) groups excluding carboxylic acids is 1. The fourth-order valence-corrected chi connectivity index (χ4v) is 5.20. The molecular weight excluding hydrogens is 418 g/mol. The van der Waals surface area contributed by atoms with Gasteiger partial charge in [-0.1, -0.05) is 23.9 Å². The Bertz CT molecular complexity index is 1130. The van der Waals surface area contributed by atoms with E-state index in [0.717, 1.165) is 37.1 Å². The maximum atomic E-state index is 13.2. The van der Waals surface area contributed by atoms with Crippen LogP contribution in [0.15, 0.2) is 68.6 Å². The second-order valence-electron chi connectivity index (χ2n) is 7.03. The molecule has 4 rings (SSSR count). The topological polar surface area (TPSA) is 68.3 Å². The van der Waals surface area contributed by atoms with E-state index in [9.17, 15) is 9.59 Å². The van der Waals surface area contributed by atoms with E-state index in [1.165, 1.54) is 23.1 Å². The Morgan fingerprint density at radius 2 is 2.30 bits per heavy atom. The van der Waals surface area contributed by atoms with Gasteiger partial charge in [0.15, 0.2) is 5.16 Å². The van der Waals surface area contributed by atoms with E-state index >= 15 is 0 Å². The zero-order valence-electron chi connectivity index (χ0n) is 16.6. The first-order valence-corrected chi connectivity index (χ1v) is 11.8. The molecule has 0 saturated heterocycles. The van der Waals surface area contributed by atoms with Crippen molar-refractivity contribution in [2.75, 3.05) is 5.75 Å². The molecule has 0 fully saturated rings. The van der Waals surface area contributed by atoms with E-state index in [0.29, 0.717) is 28.5 Å². The lowest BCUT2D eigenvalue weighted by molar-refractivity contribution is -0.127. The van der Waals surface area contributed by atoms with Gasteiger partial charge in [0.25, 0.3) is 5.56 Å². The van der Waals surface area contributed by atoms with E-state index < -0.39 is 0 Å². The van der Waals surface area contributed by atoms with Crippen molar-refractivity contribution in [1.29, 1.82) is 0 Å². The number of aromatic nitrogens is 2. The molecule has 3 aromatic rings. The summed E-state index contributed by atoms with van der Waals surface area (Å²) in [5.41, 5.74) is 0.951. The van der Waals surface area contributed by atoms with Crippen LogP contribution in [0.3, 0.4) is 0 Å². The molecule has 0 spiro atoms. The predicted octanol–water partition coefficient (Wildman–Crippen LogP) is 4.82. The maximum Gasteiger partial charge on any atom is 0.263 e. The number of allylic oxidation sites excluding steroid dienone is 3. The smallest absolute Gasteiger partial charge is 0.263 e. The third-order valence-electron chi connectivity index (χ3n) is 4.99. The minimum absolute atomic E-state index is 0.0183. The standard InChI is InChI=1S/C22H23N3O3S2/c1-2-11-24-21(27)18-10-13-29-20(18)23-22(24)30-15-19(26)25(14-17-9-6-12-28-17)16-7-4-3-5-8-16/h2,6-7,9-10,12-13H,1,3-5,8,11,14-15H2. The van der Waals surface area contributed by atoms with Gasteiger partial charge in [-0.15, -0.1) is 17.9 Å². The van der Waals surface area contributed by atoms with E-state index in [1.807, 2.05) is 22.4 Å². The molecule has 0 bridgehead atoms. The van der Waals surface area contributed by atoms with Gasteiger partial charge < -0.3 is 9.32 Å². The number of furan rings is 1. The van der Waals surface area contributed by atoms with Crippen LogP contribution in [-0.4, -0.2) is 26.1 Å². The van der Waals surface area contributed by atoms with E-state index in [4.69, 9.17) is 4.42 Å². The Kier molecular flexibility index (Phi) is 6.54. The quantitative estimate of drug-likeness (QED) is 0.285.